The molecule has 2 aromatic rings. The number of rotatable bonds is 7. The molecule has 1 saturated heterocycles. The minimum absolute atomic E-state index is 0.857. The van der Waals surface area contributed by atoms with Crippen molar-refractivity contribution >= 4 is 16.9 Å². The highest BCUT2D eigenvalue weighted by molar-refractivity contribution is 5.83. The predicted octanol–water partition coefficient (Wildman–Crippen LogP) is 3.00. The molecule has 5 heteroatoms. The molecule has 0 radical (unpaired) electrons. The topological polar surface area (TPSA) is 55.5 Å². The zero-order valence-corrected chi connectivity index (χ0v) is 16.2. The van der Waals surface area contributed by atoms with Gasteiger partial charge in [-0.15, -0.1) is 0 Å². The van der Waals surface area contributed by atoms with Crippen LogP contribution in [0.4, 0.5) is 0 Å². The number of likely N-dealkylation sites (tertiary alicyclic amines) is 1. The van der Waals surface area contributed by atoms with Gasteiger partial charge >= 0.3 is 0 Å². The number of benzene rings is 1. The molecule has 1 fully saturated rings. The first kappa shape index (κ1) is 18.8. The Morgan fingerprint density at radius 2 is 2.12 bits per heavy atom. The summed E-state index contributed by atoms with van der Waals surface area (Å²) in [4.78, 5) is 10.3. The maximum absolute atomic E-state index is 4.34. The standard InChI is InChI=1S/C21H33N5/c1-17-7-5-13-26(16-17)14-6-11-23-21(22-2)24-12-10-18-15-25-20-9-4-3-8-19(18)20/h3-4,8-9,15,17,25H,5-7,10-14,16H2,1-2H3,(H2,22,23,24). The molecule has 3 rings (SSSR count). The molecule has 26 heavy (non-hydrogen) atoms. The fourth-order valence-corrected chi connectivity index (χ4v) is 3.87. The molecule has 1 atom stereocenters. The van der Waals surface area contributed by atoms with Crippen molar-refractivity contribution in [2.75, 3.05) is 39.8 Å². The summed E-state index contributed by atoms with van der Waals surface area (Å²) >= 11 is 0. The number of aliphatic imine (C=N–C) groups is 1. The molecular weight excluding hydrogens is 322 g/mol. The number of aromatic amines is 1. The number of aromatic nitrogens is 1. The van der Waals surface area contributed by atoms with Crippen molar-refractivity contribution in [2.45, 2.75) is 32.6 Å². The average Bonchev–Trinajstić information content (AvgIpc) is 3.07. The predicted molar refractivity (Wildman–Crippen MR) is 111 cm³/mol. The molecule has 1 aromatic carbocycles. The van der Waals surface area contributed by atoms with E-state index in [2.05, 4.69) is 62.9 Å². The van der Waals surface area contributed by atoms with Gasteiger partial charge in [0, 0.05) is 43.8 Å². The van der Waals surface area contributed by atoms with E-state index in [4.69, 9.17) is 0 Å². The van der Waals surface area contributed by atoms with Gasteiger partial charge in [-0.05, 0) is 56.3 Å². The van der Waals surface area contributed by atoms with Crippen LogP contribution in [-0.4, -0.2) is 55.6 Å². The Kier molecular flexibility index (Phi) is 6.95. The number of piperidine rings is 1. The van der Waals surface area contributed by atoms with Gasteiger partial charge in [0.2, 0.25) is 0 Å². The third kappa shape index (κ3) is 5.24. The quantitative estimate of drug-likeness (QED) is 0.407. The Bertz CT molecular complexity index is 705. The molecule has 0 aliphatic carbocycles. The minimum atomic E-state index is 0.857. The normalized spacial score (nSPS) is 19.0. The van der Waals surface area contributed by atoms with Crippen LogP contribution >= 0.6 is 0 Å². The fourth-order valence-electron chi connectivity index (χ4n) is 3.87. The van der Waals surface area contributed by atoms with Crippen LogP contribution in [0.5, 0.6) is 0 Å². The van der Waals surface area contributed by atoms with E-state index in [9.17, 15) is 0 Å². The highest BCUT2D eigenvalue weighted by Crippen LogP contribution is 2.17. The van der Waals surface area contributed by atoms with Crippen LogP contribution in [0.2, 0.25) is 0 Å². The number of hydrogen-bond acceptors (Lipinski definition) is 2. The zero-order chi connectivity index (χ0) is 18.2. The summed E-state index contributed by atoms with van der Waals surface area (Å²) in [6, 6.07) is 8.46. The lowest BCUT2D eigenvalue weighted by molar-refractivity contribution is 0.182. The van der Waals surface area contributed by atoms with Crippen molar-refractivity contribution in [3.05, 3.63) is 36.0 Å². The van der Waals surface area contributed by atoms with Crippen LogP contribution in [0.1, 0.15) is 31.7 Å². The van der Waals surface area contributed by atoms with Gasteiger partial charge in [0.25, 0.3) is 0 Å². The molecule has 1 aliphatic rings. The lowest BCUT2D eigenvalue weighted by Crippen LogP contribution is -2.40. The van der Waals surface area contributed by atoms with Gasteiger partial charge < -0.3 is 20.5 Å². The maximum atomic E-state index is 4.34. The number of para-hydroxylation sites is 1. The third-order valence-electron chi connectivity index (χ3n) is 5.27. The van der Waals surface area contributed by atoms with E-state index in [1.165, 1.54) is 48.9 Å². The third-order valence-corrected chi connectivity index (χ3v) is 5.27. The van der Waals surface area contributed by atoms with Gasteiger partial charge in [-0.3, -0.25) is 4.99 Å². The molecule has 1 aromatic heterocycles. The van der Waals surface area contributed by atoms with E-state index >= 15 is 0 Å². The Hall–Kier alpha value is -2.01. The highest BCUT2D eigenvalue weighted by Gasteiger charge is 2.15. The molecular formula is C21H33N5. The molecule has 0 spiro atoms. The van der Waals surface area contributed by atoms with Crippen molar-refractivity contribution in [3.8, 4) is 0 Å². The van der Waals surface area contributed by atoms with E-state index in [1.807, 2.05) is 7.05 Å². The number of hydrogen-bond donors (Lipinski definition) is 3. The summed E-state index contributed by atoms with van der Waals surface area (Å²) in [6.07, 6.45) is 7.00. The largest absolute Gasteiger partial charge is 0.361 e. The summed E-state index contributed by atoms with van der Waals surface area (Å²) in [7, 11) is 1.84. The molecule has 1 aliphatic heterocycles. The lowest BCUT2D eigenvalue weighted by Gasteiger charge is -2.30. The van der Waals surface area contributed by atoms with Crippen molar-refractivity contribution in [1.29, 1.82) is 0 Å². The van der Waals surface area contributed by atoms with Gasteiger partial charge in [0.1, 0.15) is 0 Å². The van der Waals surface area contributed by atoms with Crippen LogP contribution < -0.4 is 10.6 Å². The molecule has 2 heterocycles. The second kappa shape index (κ2) is 9.62. The van der Waals surface area contributed by atoms with E-state index < -0.39 is 0 Å². The van der Waals surface area contributed by atoms with Crippen LogP contribution in [0, 0.1) is 5.92 Å². The Morgan fingerprint density at radius 3 is 2.96 bits per heavy atom. The summed E-state index contributed by atoms with van der Waals surface area (Å²) in [5, 5.41) is 8.18. The number of guanidine groups is 1. The monoisotopic (exact) mass is 355 g/mol. The zero-order valence-electron chi connectivity index (χ0n) is 16.2. The summed E-state index contributed by atoms with van der Waals surface area (Å²) < 4.78 is 0. The van der Waals surface area contributed by atoms with E-state index in [0.29, 0.717) is 0 Å². The molecule has 5 nitrogen and oxygen atoms in total. The van der Waals surface area contributed by atoms with E-state index in [0.717, 1.165) is 37.8 Å². The maximum Gasteiger partial charge on any atom is 0.190 e. The second-order valence-corrected chi connectivity index (χ2v) is 7.44. The SMILES string of the molecule is CN=C(NCCCN1CCCC(C)C1)NCCc1c[nH]c2ccccc12. The minimum Gasteiger partial charge on any atom is -0.361 e. The van der Waals surface area contributed by atoms with Crippen molar-refractivity contribution in [2.24, 2.45) is 10.9 Å². The molecule has 3 N–H and O–H groups in total. The first-order valence-electron chi connectivity index (χ1n) is 9.98. The molecule has 1 unspecified atom stereocenters. The number of nitrogens with zero attached hydrogens (tertiary/aromatic N) is 2. The Morgan fingerprint density at radius 1 is 1.27 bits per heavy atom. The fraction of sp³-hybridized carbons (Fsp3) is 0.571. The van der Waals surface area contributed by atoms with Gasteiger partial charge in [-0.25, -0.2) is 0 Å². The van der Waals surface area contributed by atoms with Gasteiger partial charge in [0.15, 0.2) is 5.96 Å². The van der Waals surface area contributed by atoms with Crippen molar-refractivity contribution < 1.29 is 0 Å². The Balaban J connectivity index is 1.34. The van der Waals surface area contributed by atoms with Crippen LogP contribution in [0.15, 0.2) is 35.5 Å². The van der Waals surface area contributed by atoms with Crippen molar-refractivity contribution in [1.82, 2.24) is 20.5 Å². The van der Waals surface area contributed by atoms with Gasteiger partial charge in [-0.1, -0.05) is 25.1 Å². The number of H-pyrrole nitrogens is 1. The summed E-state index contributed by atoms with van der Waals surface area (Å²) in [6.45, 7) is 7.93. The van der Waals surface area contributed by atoms with E-state index in [1.54, 1.807) is 0 Å². The smallest absolute Gasteiger partial charge is 0.190 e. The molecule has 0 bridgehead atoms. The van der Waals surface area contributed by atoms with Crippen LogP contribution in [0.25, 0.3) is 10.9 Å². The highest BCUT2D eigenvalue weighted by atomic mass is 15.2. The molecule has 0 saturated carbocycles. The van der Waals surface area contributed by atoms with Gasteiger partial charge in [-0.2, -0.15) is 0 Å². The molecule has 0 amide bonds. The van der Waals surface area contributed by atoms with E-state index in [-0.39, 0.29) is 0 Å². The average molecular weight is 356 g/mol. The molecule has 142 valence electrons. The number of fused-ring (bicyclic) bond motifs is 1. The second-order valence-electron chi connectivity index (χ2n) is 7.44. The summed E-state index contributed by atoms with van der Waals surface area (Å²) in [5.41, 5.74) is 2.56. The van der Waals surface area contributed by atoms with Crippen LogP contribution in [-0.2, 0) is 6.42 Å². The first-order chi connectivity index (χ1) is 12.8. The lowest BCUT2D eigenvalue weighted by atomic mass is 10.0. The van der Waals surface area contributed by atoms with Gasteiger partial charge in [0.05, 0.1) is 0 Å². The first-order valence-corrected chi connectivity index (χ1v) is 9.98. The Labute approximate surface area is 157 Å². The summed E-state index contributed by atoms with van der Waals surface area (Å²) in [5.74, 6) is 1.76. The number of nitrogens with one attached hydrogen (secondary N) is 3. The van der Waals surface area contributed by atoms with Crippen LogP contribution in [0.3, 0.4) is 0 Å². The van der Waals surface area contributed by atoms with Crippen molar-refractivity contribution in [3.63, 3.8) is 0 Å².